The van der Waals surface area contributed by atoms with Crippen LogP contribution in [0.2, 0.25) is 0 Å². The molecule has 0 aromatic heterocycles. The van der Waals surface area contributed by atoms with E-state index in [2.05, 4.69) is 0 Å². The van der Waals surface area contributed by atoms with Crippen LogP contribution in [0.25, 0.3) is 5.76 Å². The maximum atomic E-state index is 13.6. The molecule has 1 amide bonds. The molecule has 174 valence electrons. The van der Waals surface area contributed by atoms with Crippen LogP contribution in [0.5, 0.6) is 11.5 Å². The summed E-state index contributed by atoms with van der Waals surface area (Å²) in [5.74, 6) is -1.43. The highest BCUT2D eigenvalue weighted by atomic mass is 19.1. The molecular formula is C27H24FNO5. The Morgan fingerprint density at radius 1 is 0.971 bits per heavy atom. The molecule has 1 aliphatic heterocycles. The van der Waals surface area contributed by atoms with E-state index in [0.717, 1.165) is 0 Å². The average molecular weight is 461 g/mol. The largest absolute Gasteiger partial charge is 0.507 e. The lowest BCUT2D eigenvalue weighted by Gasteiger charge is -2.25. The van der Waals surface area contributed by atoms with Gasteiger partial charge in [0.2, 0.25) is 0 Å². The zero-order valence-corrected chi connectivity index (χ0v) is 19.0. The maximum absolute atomic E-state index is 13.6. The van der Waals surface area contributed by atoms with E-state index in [4.69, 9.17) is 9.47 Å². The number of carbonyl (C=O) groups is 2. The van der Waals surface area contributed by atoms with Gasteiger partial charge in [0.15, 0.2) is 0 Å². The van der Waals surface area contributed by atoms with Crippen LogP contribution in [0.1, 0.15) is 31.0 Å². The molecule has 0 bridgehead atoms. The van der Waals surface area contributed by atoms with E-state index in [1.807, 2.05) is 13.8 Å². The van der Waals surface area contributed by atoms with E-state index in [1.165, 1.54) is 36.3 Å². The Labute approximate surface area is 196 Å². The minimum atomic E-state index is -0.949. The van der Waals surface area contributed by atoms with Crippen LogP contribution >= 0.6 is 0 Å². The molecule has 3 aromatic carbocycles. The third-order valence-electron chi connectivity index (χ3n) is 5.44. The van der Waals surface area contributed by atoms with Crippen molar-refractivity contribution in [1.82, 2.24) is 0 Å². The summed E-state index contributed by atoms with van der Waals surface area (Å²) in [5, 5.41) is 11.3. The molecule has 34 heavy (non-hydrogen) atoms. The van der Waals surface area contributed by atoms with Crippen LogP contribution < -0.4 is 14.4 Å². The van der Waals surface area contributed by atoms with Crippen LogP contribution in [0.15, 0.2) is 78.4 Å². The lowest BCUT2D eigenvalue weighted by Crippen LogP contribution is -2.29. The SMILES string of the molecule is COc1cccc(C2/C(=C(/O)c3cccc(OC(C)C)c3)C(=O)C(=O)N2c2ccc(F)cc2)c1. The lowest BCUT2D eigenvalue weighted by atomic mass is 9.95. The fourth-order valence-corrected chi connectivity index (χ4v) is 3.97. The molecule has 3 aromatic rings. The summed E-state index contributed by atoms with van der Waals surface area (Å²) in [5.41, 5.74) is 1.14. The smallest absolute Gasteiger partial charge is 0.300 e. The van der Waals surface area contributed by atoms with Gasteiger partial charge in [-0.3, -0.25) is 14.5 Å². The molecule has 0 spiro atoms. The minimum absolute atomic E-state index is 0.0794. The second-order valence-corrected chi connectivity index (χ2v) is 8.12. The Hall–Kier alpha value is -4.13. The second kappa shape index (κ2) is 9.39. The lowest BCUT2D eigenvalue weighted by molar-refractivity contribution is -0.132. The van der Waals surface area contributed by atoms with Crippen molar-refractivity contribution in [3.63, 3.8) is 0 Å². The summed E-state index contributed by atoms with van der Waals surface area (Å²) in [4.78, 5) is 27.7. The number of ketones is 1. The van der Waals surface area contributed by atoms with Gasteiger partial charge in [-0.15, -0.1) is 0 Å². The van der Waals surface area contributed by atoms with E-state index < -0.39 is 23.5 Å². The van der Waals surface area contributed by atoms with Gasteiger partial charge in [-0.05, 0) is 67.9 Å². The summed E-state index contributed by atoms with van der Waals surface area (Å²) in [6, 6.07) is 17.9. The number of hydrogen-bond donors (Lipinski definition) is 1. The number of rotatable bonds is 6. The van der Waals surface area contributed by atoms with Gasteiger partial charge in [0.25, 0.3) is 11.7 Å². The second-order valence-electron chi connectivity index (χ2n) is 8.12. The van der Waals surface area contributed by atoms with Crippen molar-refractivity contribution in [1.29, 1.82) is 0 Å². The highest BCUT2D eigenvalue weighted by molar-refractivity contribution is 6.51. The van der Waals surface area contributed by atoms with Crippen LogP contribution in [0, 0.1) is 5.82 Å². The normalized spacial score (nSPS) is 17.3. The van der Waals surface area contributed by atoms with Gasteiger partial charge < -0.3 is 14.6 Å². The number of ether oxygens (including phenoxy) is 2. The Balaban J connectivity index is 1.91. The van der Waals surface area contributed by atoms with Crippen molar-refractivity contribution in [2.45, 2.75) is 26.0 Å². The van der Waals surface area contributed by atoms with E-state index in [1.54, 1.807) is 48.5 Å². The van der Waals surface area contributed by atoms with E-state index >= 15 is 0 Å². The van der Waals surface area contributed by atoms with Gasteiger partial charge in [-0.1, -0.05) is 24.3 Å². The molecule has 1 N–H and O–H groups in total. The van der Waals surface area contributed by atoms with Gasteiger partial charge in [-0.2, -0.15) is 0 Å². The predicted octanol–water partition coefficient (Wildman–Crippen LogP) is 5.25. The number of benzene rings is 3. The number of aliphatic hydroxyl groups is 1. The zero-order valence-electron chi connectivity index (χ0n) is 19.0. The number of Topliss-reactive ketones (excluding diaryl/α,β-unsaturated/α-hetero) is 1. The molecule has 1 aliphatic rings. The first-order valence-electron chi connectivity index (χ1n) is 10.8. The average Bonchev–Trinajstić information content (AvgIpc) is 3.09. The fraction of sp³-hybridized carbons (Fsp3) is 0.185. The molecule has 1 heterocycles. The number of amides is 1. The first-order chi connectivity index (χ1) is 16.3. The van der Waals surface area contributed by atoms with Crippen molar-refractivity contribution in [2.75, 3.05) is 12.0 Å². The molecule has 0 aliphatic carbocycles. The Kier molecular flexibility index (Phi) is 6.36. The number of aliphatic hydroxyl groups excluding tert-OH is 1. The maximum Gasteiger partial charge on any atom is 0.300 e. The fourth-order valence-electron chi connectivity index (χ4n) is 3.97. The molecule has 6 nitrogen and oxygen atoms in total. The Bertz CT molecular complexity index is 1270. The van der Waals surface area contributed by atoms with Crippen LogP contribution in [-0.2, 0) is 9.59 Å². The number of hydrogen-bond acceptors (Lipinski definition) is 5. The summed E-state index contributed by atoms with van der Waals surface area (Å²) in [6.45, 7) is 3.76. The number of nitrogens with zero attached hydrogens (tertiary/aromatic N) is 1. The van der Waals surface area contributed by atoms with Crippen molar-refractivity contribution in [2.24, 2.45) is 0 Å². The van der Waals surface area contributed by atoms with Crippen molar-refractivity contribution in [3.8, 4) is 11.5 Å². The molecule has 1 unspecified atom stereocenters. The zero-order chi connectivity index (χ0) is 24.4. The molecule has 1 saturated heterocycles. The quantitative estimate of drug-likeness (QED) is 0.308. The number of carbonyl (C=O) groups excluding carboxylic acids is 2. The monoisotopic (exact) mass is 461 g/mol. The highest BCUT2D eigenvalue weighted by Gasteiger charge is 2.47. The van der Waals surface area contributed by atoms with Gasteiger partial charge >= 0.3 is 0 Å². The minimum Gasteiger partial charge on any atom is -0.507 e. The molecular weight excluding hydrogens is 437 g/mol. The van der Waals surface area contributed by atoms with Gasteiger partial charge in [0.1, 0.15) is 23.1 Å². The van der Waals surface area contributed by atoms with Crippen molar-refractivity contribution < 1.29 is 28.6 Å². The predicted molar refractivity (Wildman–Crippen MR) is 126 cm³/mol. The molecule has 0 radical (unpaired) electrons. The van der Waals surface area contributed by atoms with E-state index in [-0.39, 0.29) is 17.4 Å². The molecule has 4 rings (SSSR count). The van der Waals surface area contributed by atoms with Gasteiger partial charge in [-0.25, -0.2) is 4.39 Å². The molecule has 0 saturated carbocycles. The number of anilines is 1. The summed E-state index contributed by atoms with van der Waals surface area (Å²) < 4.78 is 24.6. The summed E-state index contributed by atoms with van der Waals surface area (Å²) in [7, 11) is 1.51. The molecule has 1 atom stereocenters. The van der Waals surface area contributed by atoms with Crippen LogP contribution in [0.3, 0.4) is 0 Å². The molecule has 7 heteroatoms. The number of halogens is 1. The van der Waals surface area contributed by atoms with E-state index in [9.17, 15) is 19.1 Å². The summed E-state index contributed by atoms with van der Waals surface area (Å²) >= 11 is 0. The third kappa shape index (κ3) is 4.37. The third-order valence-corrected chi connectivity index (χ3v) is 5.44. The number of methoxy groups -OCH3 is 1. The van der Waals surface area contributed by atoms with Crippen LogP contribution in [-0.4, -0.2) is 30.0 Å². The highest BCUT2D eigenvalue weighted by Crippen LogP contribution is 2.43. The van der Waals surface area contributed by atoms with Crippen LogP contribution in [0.4, 0.5) is 10.1 Å². The van der Waals surface area contributed by atoms with Crippen molar-refractivity contribution in [3.05, 3.63) is 95.3 Å². The first-order valence-corrected chi connectivity index (χ1v) is 10.8. The molecule has 1 fully saturated rings. The Morgan fingerprint density at radius 3 is 2.32 bits per heavy atom. The first kappa shape index (κ1) is 23.0. The standard InChI is InChI=1S/C27H24FNO5/c1-16(2)34-22-9-5-7-18(15-22)25(30)23-24(17-6-4-8-21(14-17)33-3)29(27(32)26(23)31)20-12-10-19(28)11-13-20/h4-16,24,30H,1-3H3/b25-23-. The summed E-state index contributed by atoms with van der Waals surface area (Å²) in [6.07, 6.45) is -0.0850. The van der Waals surface area contributed by atoms with Gasteiger partial charge in [0, 0.05) is 11.3 Å². The van der Waals surface area contributed by atoms with Gasteiger partial charge in [0.05, 0.1) is 24.8 Å². The topological polar surface area (TPSA) is 76.1 Å². The van der Waals surface area contributed by atoms with E-state index in [0.29, 0.717) is 28.3 Å². The van der Waals surface area contributed by atoms with Crippen molar-refractivity contribution >= 4 is 23.1 Å². The Morgan fingerprint density at radius 2 is 1.65 bits per heavy atom.